The molecular weight excluding hydrogens is 324 g/mol. The minimum absolute atomic E-state index is 0.339. The molecule has 0 fully saturated rings. The summed E-state index contributed by atoms with van der Waals surface area (Å²) in [6.45, 7) is 0. The third-order valence-corrected chi connectivity index (χ3v) is 2.41. The Hall–Kier alpha value is -2.03. The Morgan fingerprint density at radius 3 is 2.05 bits per heavy atom. The van der Waals surface area contributed by atoms with E-state index in [2.05, 4.69) is 15.3 Å². The third-order valence-electron chi connectivity index (χ3n) is 2.25. The molecule has 112 valence electrons. The van der Waals surface area contributed by atoms with Gasteiger partial charge in [0.25, 0.3) is 0 Å². The van der Waals surface area contributed by atoms with Gasteiger partial charge in [0.05, 0.1) is 0 Å². The van der Waals surface area contributed by atoms with Crippen molar-refractivity contribution in [3.8, 4) is 0 Å². The number of aromatic nitrogens is 2. The molecule has 0 aliphatic heterocycles. The smallest absolute Gasteiger partial charge is 0.340 e. The lowest BCUT2D eigenvalue weighted by atomic mass is 10.2. The number of nitrogens with one attached hydrogen (secondary N) is 1. The van der Waals surface area contributed by atoms with Gasteiger partial charge in [0.15, 0.2) is 23.1 Å². The first-order valence-corrected chi connectivity index (χ1v) is 5.58. The fourth-order valence-corrected chi connectivity index (χ4v) is 1.58. The van der Waals surface area contributed by atoms with Crippen LogP contribution in [0.5, 0.6) is 0 Å². The van der Waals surface area contributed by atoms with Crippen molar-refractivity contribution in [2.45, 2.75) is 6.18 Å². The molecule has 0 amide bonds. The molecule has 1 heterocycles. The minimum Gasteiger partial charge on any atom is -0.340 e. The maximum absolute atomic E-state index is 13.0. The predicted molar refractivity (Wildman–Crippen MR) is 61.6 cm³/mol. The van der Waals surface area contributed by atoms with Gasteiger partial charge >= 0.3 is 6.18 Å². The maximum Gasteiger partial charge on any atom is 0.433 e. The number of benzene rings is 1. The van der Waals surface area contributed by atoms with E-state index in [1.54, 1.807) is 0 Å². The van der Waals surface area contributed by atoms with Crippen molar-refractivity contribution in [3.63, 3.8) is 0 Å². The molecule has 0 unspecified atom stereocenters. The summed E-state index contributed by atoms with van der Waals surface area (Å²) in [5.41, 5.74) is -1.68. The molecule has 1 aromatic heterocycles. The summed E-state index contributed by atoms with van der Waals surface area (Å²) in [6, 6.07) is 1.61. The second-order valence-electron chi connectivity index (χ2n) is 3.78. The molecule has 2 aromatic rings. The average molecular weight is 328 g/mol. The van der Waals surface area contributed by atoms with Gasteiger partial charge in [0.2, 0.25) is 5.28 Å². The minimum atomic E-state index is -4.78. The second-order valence-corrected chi connectivity index (χ2v) is 4.12. The van der Waals surface area contributed by atoms with Crippen LogP contribution in [0.15, 0.2) is 18.2 Å². The normalized spacial score (nSPS) is 11.6. The summed E-state index contributed by atoms with van der Waals surface area (Å²) < 4.78 is 76.3. The van der Waals surface area contributed by atoms with Crippen LogP contribution in [0.2, 0.25) is 5.28 Å². The molecule has 0 atom stereocenters. The molecule has 1 aromatic carbocycles. The van der Waals surface area contributed by atoms with Gasteiger partial charge in [-0.3, -0.25) is 0 Å². The lowest BCUT2D eigenvalue weighted by molar-refractivity contribution is -0.141. The number of anilines is 2. The molecule has 3 nitrogen and oxygen atoms in total. The van der Waals surface area contributed by atoms with E-state index in [9.17, 15) is 26.3 Å². The van der Waals surface area contributed by atoms with Crippen LogP contribution in [0.25, 0.3) is 0 Å². The largest absolute Gasteiger partial charge is 0.433 e. The van der Waals surface area contributed by atoms with Gasteiger partial charge in [0, 0.05) is 23.9 Å². The number of nitrogens with zero attached hydrogens (tertiary/aromatic N) is 2. The highest BCUT2D eigenvalue weighted by Gasteiger charge is 2.33. The number of alkyl halides is 3. The zero-order chi connectivity index (χ0) is 15.8. The van der Waals surface area contributed by atoms with E-state index in [-0.39, 0.29) is 5.69 Å². The van der Waals surface area contributed by atoms with Gasteiger partial charge in [-0.2, -0.15) is 13.2 Å². The number of halogens is 7. The van der Waals surface area contributed by atoms with E-state index in [1.165, 1.54) is 0 Å². The third kappa shape index (κ3) is 3.54. The number of rotatable bonds is 2. The van der Waals surface area contributed by atoms with E-state index in [0.29, 0.717) is 18.2 Å². The van der Waals surface area contributed by atoms with Gasteiger partial charge in [0.1, 0.15) is 5.82 Å². The van der Waals surface area contributed by atoms with Gasteiger partial charge in [-0.25, -0.2) is 23.1 Å². The fraction of sp³-hybridized carbons (Fsp3) is 0.0909. The molecule has 0 aliphatic rings. The van der Waals surface area contributed by atoms with E-state index < -0.39 is 40.4 Å². The van der Waals surface area contributed by atoms with Gasteiger partial charge < -0.3 is 5.32 Å². The molecule has 0 saturated heterocycles. The summed E-state index contributed by atoms with van der Waals surface area (Å²) in [5, 5.41) is 1.47. The van der Waals surface area contributed by atoms with Crippen LogP contribution in [0, 0.1) is 17.5 Å². The van der Waals surface area contributed by atoms with Crippen molar-refractivity contribution in [1.29, 1.82) is 0 Å². The Kier molecular flexibility index (Phi) is 3.95. The SMILES string of the molecule is Fc1cc(Nc2cc(C(F)(F)F)nc(Cl)n2)cc(F)c1F. The Morgan fingerprint density at radius 2 is 1.52 bits per heavy atom. The molecule has 10 heteroatoms. The van der Waals surface area contributed by atoms with Crippen molar-refractivity contribution in [3.05, 3.63) is 46.6 Å². The summed E-state index contributed by atoms with van der Waals surface area (Å²) in [5.74, 6) is -5.16. The van der Waals surface area contributed by atoms with Gasteiger partial charge in [-0.1, -0.05) is 0 Å². The molecule has 1 N–H and O–H groups in total. The van der Waals surface area contributed by atoms with E-state index >= 15 is 0 Å². The van der Waals surface area contributed by atoms with Crippen molar-refractivity contribution >= 4 is 23.1 Å². The van der Waals surface area contributed by atoms with E-state index in [1.807, 2.05) is 0 Å². The summed E-state index contributed by atoms with van der Waals surface area (Å²) >= 11 is 5.34. The highest BCUT2D eigenvalue weighted by molar-refractivity contribution is 6.28. The lowest BCUT2D eigenvalue weighted by Gasteiger charge is -2.10. The number of hydrogen-bond acceptors (Lipinski definition) is 3. The first kappa shape index (κ1) is 15.4. The zero-order valence-corrected chi connectivity index (χ0v) is 10.5. The summed E-state index contributed by atoms with van der Waals surface area (Å²) in [6.07, 6.45) is -4.78. The molecule has 0 saturated carbocycles. The van der Waals surface area contributed by atoms with Crippen LogP contribution in [0.1, 0.15) is 5.69 Å². The highest BCUT2D eigenvalue weighted by Crippen LogP contribution is 2.30. The molecule has 2 rings (SSSR count). The van der Waals surface area contributed by atoms with Crippen LogP contribution in [0.4, 0.5) is 37.8 Å². The van der Waals surface area contributed by atoms with Crippen molar-refractivity contribution in [2.75, 3.05) is 5.32 Å². The second kappa shape index (κ2) is 5.40. The first-order valence-electron chi connectivity index (χ1n) is 5.20. The van der Waals surface area contributed by atoms with Crippen LogP contribution in [-0.2, 0) is 6.18 Å². The number of hydrogen-bond donors (Lipinski definition) is 1. The van der Waals surface area contributed by atoms with Crippen molar-refractivity contribution in [2.24, 2.45) is 0 Å². The summed E-state index contributed by atoms with van der Waals surface area (Å²) in [4.78, 5) is 6.41. The molecule has 0 aliphatic carbocycles. The van der Waals surface area contributed by atoms with E-state index in [4.69, 9.17) is 11.6 Å². The van der Waals surface area contributed by atoms with Crippen LogP contribution >= 0.6 is 11.6 Å². The quantitative estimate of drug-likeness (QED) is 0.507. The molecule has 0 bridgehead atoms. The standard InChI is InChI=1S/C11H4ClF6N3/c12-10-20-7(11(16,17)18)3-8(21-10)19-4-1-5(13)9(15)6(14)2-4/h1-3H,(H,19,20,21). The first-order chi connectivity index (χ1) is 9.66. The predicted octanol–water partition coefficient (Wildman–Crippen LogP) is 4.31. The topological polar surface area (TPSA) is 37.8 Å². The highest BCUT2D eigenvalue weighted by atomic mass is 35.5. The summed E-state index contributed by atoms with van der Waals surface area (Å²) in [7, 11) is 0. The Labute approximate surface area is 118 Å². The zero-order valence-electron chi connectivity index (χ0n) is 9.77. The Balaban J connectivity index is 2.38. The fourth-order valence-electron chi connectivity index (χ4n) is 1.40. The molecule has 0 spiro atoms. The van der Waals surface area contributed by atoms with Crippen molar-refractivity contribution in [1.82, 2.24) is 9.97 Å². The van der Waals surface area contributed by atoms with E-state index in [0.717, 1.165) is 0 Å². The van der Waals surface area contributed by atoms with Crippen molar-refractivity contribution < 1.29 is 26.3 Å². The lowest BCUT2D eigenvalue weighted by Crippen LogP contribution is -2.10. The monoisotopic (exact) mass is 327 g/mol. The van der Waals surface area contributed by atoms with Crippen LogP contribution < -0.4 is 5.32 Å². The van der Waals surface area contributed by atoms with Gasteiger partial charge in [-0.15, -0.1) is 0 Å². The maximum atomic E-state index is 13.0. The average Bonchev–Trinajstić information content (AvgIpc) is 2.34. The Morgan fingerprint density at radius 1 is 0.952 bits per heavy atom. The molecule has 0 radical (unpaired) electrons. The Bertz CT molecular complexity index is 665. The molecule has 21 heavy (non-hydrogen) atoms. The van der Waals surface area contributed by atoms with Crippen LogP contribution in [-0.4, -0.2) is 9.97 Å². The van der Waals surface area contributed by atoms with Crippen LogP contribution in [0.3, 0.4) is 0 Å². The van der Waals surface area contributed by atoms with Gasteiger partial charge in [-0.05, 0) is 11.6 Å². The molecular formula is C11H4ClF6N3.